The summed E-state index contributed by atoms with van der Waals surface area (Å²) in [6.07, 6.45) is 12.6. The summed E-state index contributed by atoms with van der Waals surface area (Å²) in [7, 11) is 1.30. The van der Waals surface area contributed by atoms with Crippen molar-refractivity contribution < 1.29 is 23.5 Å². The van der Waals surface area contributed by atoms with Gasteiger partial charge in [0, 0.05) is 12.5 Å². The monoisotopic (exact) mass is 731 g/mol. The maximum atomic E-state index is 13.5. The number of alkyl carbamates (subject to hydrolysis) is 1. The average molecular weight is 732 g/mol. The van der Waals surface area contributed by atoms with E-state index in [1.807, 2.05) is 31.1 Å². The van der Waals surface area contributed by atoms with Crippen molar-refractivity contribution in [1.82, 2.24) is 35.5 Å². The first kappa shape index (κ1) is 36.7. The Balaban J connectivity index is 0.000000440. The molecule has 3 aromatic heterocycles. The first-order valence-electron chi connectivity index (χ1n) is 19.0. The number of H-pyrrole nitrogens is 2. The zero-order valence-corrected chi connectivity index (χ0v) is 31.1. The zero-order chi connectivity index (χ0) is 37.6. The van der Waals surface area contributed by atoms with Crippen molar-refractivity contribution in [1.29, 1.82) is 0 Å². The smallest absolute Gasteiger partial charge is 0.407 e. The van der Waals surface area contributed by atoms with E-state index in [1.54, 1.807) is 18.4 Å². The van der Waals surface area contributed by atoms with Crippen molar-refractivity contribution in [3.05, 3.63) is 96.7 Å². The molecule has 12 heteroatoms. The van der Waals surface area contributed by atoms with Gasteiger partial charge < -0.3 is 34.7 Å². The number of hydrogen-bond donors (Lipinski definition) is 4. The van der Waals surface area contributed by atoms with E-state index in [1.165, 1.54) is 38.6 Å². The van der Waals surface area contributed by atoms with Gasteiger partial charge in [-0.15, -0.1) is 0 Å². The van der Waals surface area contributed by atoms with Gasteiger partial charge in [0.25, 0.3) is 0 Å². The summed E-state index contributed by atoms with van der Waals surface area (Å²) in [5.41, 5.74) is 6.48. The topological polar surface area (TPSA) is 158 Å². The molecule has 3 amide bonds. The van der Waals surface area contributed by atoms with Gasteiger partial charge in [-0.3, -0.25) is 9.59 Å². The Morgan fingerprint density at radius 1 is 0.907 bits per heavy atom. The Morgan fingerprint density at radius 3 is 2.11 bits per heavy atom. The van der Waals surface area contributed by atoms with E-state index in [4.69, 9.17) is 14.1 Å². The van der Waals surface area contributed by atoms with Crippen LogP contribution in [-0.2, 0) is 20.9 Å². The second-order valence-electron chi connectivity index (χ2n) is 14.9. The van der Waals surface area contributed by atoms with E-state index in [2.05, 4.69) is 74.1 Å². The lowest BCUT2D eigenvalue weighted by atomic mass is 9.88. The molecule has 3 fully saturated rings. The van der Waals surface area contributed by atoms with E-state index < -0.39 is 12.1 Å². The normalized spacial score (nSPS) is 20.7. The fraction of sp³-hybridized carbons (Fsp3) is 0.405. The zero-order valence-electron chi connectivity index (χ0n) is 31.1. The van der Waals surface area contributed by atoms with Crippen molar-refractivity contribution in [3.8, 4) is 33.6 Å². The number of rotatable bonds is 11. The molecule has 5 atom stereocenters. The van der Waals surface area contributed by atoms with Gasteiger partial charge in [0.2, 0.25) is 12.3 Å². The van der Waals surface area contributed by atoms with Crippen LogP contribution in [0.4, 0.5) is 4.79 Å². The lowest BCUT2D eigenvalue weighted by molar-refractivity contribution is -0.135. The van der Waals surface area contributed by atoms with Crippen LogP contribution in [0, 0.1) is 17.8 Å². The van der Waals surface area contributed by atoms with Gasteiger partial charge in [-0.05, 0) is 84.2 Å². The van der Waals surface area contributed by atoms with Crippen molar-refractivity contribution in [2.75, 3.05) is 13.7 Å². The second-order valence-corrected chi connectivity index (χ2v) is 14.9. The van der Waals surface area contributed by atoms with Gasteiger partial charge >= 0.3 is 6.09 Å². The molecular weight excluding hydrogens is 683 g/mol. The number of carbonyl (C=O) groups is 3. The minimum absolute atomic E-state index is 0.0743. The number of benzene rings is 2. The number of likely N-dealkylation sites (tertiary alicyclic amines) is 1. The van der Waals surface area contributed by atoms with Crippen molar-refractivity contribution >= 4 is 18.4 Å². The third-order valence-corrected chi connectivity index (χ3v) is 11.2. The summed E-state index contributed by atoms with van der Waals surface area (Å²) < 4.78 is 9.66. The molecule has 2 saturated carbocycles. The Kier molecular flexibility index (Phi) is 11.3. The number of amides is 3. The van der Waals surface area contributed by atoms with Crippen LogP contribution in [0.25, 0.3) is 33.6 Å². The number of imidazole rings is 2. The van der Waals surface area contributed by atoms with Crippen LogP contribution in [-0.4, -0.2) is 62.9 Å². The van der Waals surface area contributed by atoms with Crippen LogP contribution in [0.1, 0.15) is 81.7 Å². The fourth-order valence-electron chi connectivity index (χ4n) is 8.34. The quantitative estimate of drug-likeness (QED) is 0.102. The maximum Gasteiger partial charge on any atom is 0.407 e. The summed E-state index contributed by atoms with van der Waals surface area (Å²) in [4.78, 5) is 53.5. The van der Waals surface area contributed by atoms with E-state index in [0.29, 0.717) is 25.4 Å². The van der Waals surface area contributed by atoms with Gasteiger partial charge in [-0.1, -0.05) is 68.8 Å². The predicted molar refractivity (Wildman–Crippen MR) is 205 cm³/mol. The Labute approximate surface area is 315 Å². The van der Waals surface area contributed by atoms with Gasteiger partial charge in [-0.25, -0.2) is 14.8 Å². The molecular formula is C42H49N7O5. The van der Waals surface area contributed by atoms with Gasteiger partial charge in [0.05, 0.1) is 49.7 Å². The summed E-state index contributed by atoms with van der Waals surface area (Å²) >= 11 is 0. The van der Waals surface area contributed by atoms with Crippen molar-refractivity contribution in [3.63, 3.8) is 0 Å². The molecule has 8 rings (SSSR count). The average Bonchev–Trinajstić information content (AvgIpc) is 4.06. The Hall–Kier alpha value is -5.65. The fourth-order valence-corrected chi connectivity index (χ4v) is 8.34. The van der Waals surface area contributed by atoms with E-state index in [9.17, 15) is 14.4 Å². The van der Waals surface area contributed by atoms with Gasteiger partial charge in [0.1, 0.15) is 23.5 Å². The van der Waals surface area contributed by atoms with Gasteiger partial charge in [-0.2, -0.15) is 0 Å². The molecule has 5 aromatic rings. The Bertz CT molecular complexity index is 2000. The summed E-state index contributed by atoms with van der Waals surface area (Å²) in [5.74, 6) is 4.84. The molecule has 4 N–H and O–H groups in total. The number of fused-ring (bicyclic) bond motifs is 2. The highest BCUT2D eigenvalue weighted by molar-refractivity contribution is 5.86. The van der Waals surface area contributed by atoms with Crippen LogP contribution < -0.4 is 10.6 Å². The number of aromatic nitrogens is 4. The number of carbonyl (C=O) groups excluding carboxylic acids is 3. The summed E-state index contributed by atoms with van der Waals surface area (Å²) in [6.45, 7) is 4.93. The number of aromatic amines is 2. The Morgan fingerprint density at radius 2 is 1.56 bits per heavy atom. The SMILES string of the molecule is COC(=O)NC(C(=O)N1CCCC1c1ncc(-c2ccc(-c3ccc(-c4cnc([C@@H]5CC6CCC5C6)[nH]4)cc3)cc2)[nH]1)C(C)C.O=CNCc1ccco1. The lowest BCUT2D eigenvalue weighted by Crippen LogP contribution is -2.51. The molecule has 2 bridgehead atoms. The predicted octanol–water partition coefficient (Wildman–Crippen LogP) is 7.61. The highest BCUT2D eigenvalue weighted by Gasteiger charge is 2.41. The summed E-state index contributed by atoms with van der Waals surface area (Å²) in [6, 6.07) is 19.9. The molecule has 282 valence electrons. The molecule has 54 heavy (non-hydrogen) atoms. The number of hydrogen-bond acceptors (Lipinski definition) is 7. The highest BCUT2D eigenvalue weighted by Crippen LogP contribution is 2.52. The van der Waals surface area contributed by atoms with Gasteiger partial charge in [0.15, 0.2) is 0 Å². The maximum absolute atomic E-state index is 13.5. The third-order valence-electron chi connectivity index (χ3n) is 11.2. The van der Waals surface area contributed by atoms with Crippen LogP contribution in [0.3, 0.4) is 0 Å². The lowest BCUT2D eigenvalue weighted by Gasteiger charge is -2.30. The molecule has 1 aliphatic heterocycles. The van der Waals surface area contributed by atoms with E-state index in [-0.39, 0.29) is 17.9 Å². The second kappa shape index (κ2) is 16.6. The van der Waals surface area contributed by atoms with Crippen LogP contribution >= 0.6 is 0 Å². The van der Waals surface area contributed by atoms with Crippen LogP contribution in [0.2, 0.25) is 0 Å². The molecule has 4 unspecified atom stereocenters. The molecule has 2 aromatic carbocycles. The number of methoxy groups -OCH3 is 1. The molecule has 3 aliphatic rings. The number of nitrogens with one attached hydrogen (secondary N) is 4. The van der Waals surface area contributed by atoms with Crippen LogP contribution in [0.5, 0.6) is 0 Å². The summed E-state index contributed by atoms with van der Waals surface area (Å²) in [5, 5.41) is 5.18. The first-order chi connectivity index (χ1) is 26.3. The van der Waals surface area contributed by atoms with Crippen LogP contribution in [0.15, 0.2) is 83.7 Å². The van der Waals surface area contributed by atoms with E-state index in [0.717, 1.165) is 69.9 Å². The third kappa shape index (κ3) is 8.12. The molecule has 1 saturated heterocycles. The molecule has 0 radical (unpaired) electrons. The highest BCUT2D eigenvalue weighted by atomic mass is 16.5. The first-order valence-corrected chi connectivity index (χ1v) is 19.0. The number of furan rings is 1. The largest absolute Gasteiger partial charge is 0.467 e. The van der Waals surface area contributed by atoms with Crippen molar-refractivity contribution in [2.45, 2.75) is 76.9 Å². The van der Waals surface area contributed by atoms with Crippen molar-refractivity contribution in [2.24, 2.45) is 17.8 Å². The van der Waals surface area contributed by atoms with E-state index >= 15 is 0 Å². The molecule has 2 aliphatic carbocycles. The molecule has 0 spiro atoms. The minimum atomic E-state index is -0.655. The molecule has 12 nitrogen and oxygen atoms in total. The standard InChI is InChI=1S/C36H42N6O3.C6H7NO2/c1-21(2)32(41-36(44)45-3)35(43)42-16-4-5-31(42)34-38-20-30(40-34)26-14-10-24(11-15-26)23-8-12-25(13-9-23)29-19-37-33(39-29)28-18-22-6-7-27(28)17-22;8-5-7-4-6-2-1-3-9-6/h8-15,19-22,27-28,31-32H,4-7,16-18H2,1-3H3,(H,37,39)(H,38,40)(H,41,44);1-3,5H,4H2,(H,7,8)/t22?,27?,28-,31?,32?;/m1./s1. The minimum Gasteiger partial charge on any atom is -0.467 e. The number of ether oxygens (including phenoxy) is 1. The molecule has 4 heterocycles. The number of nitrogens with zero attached hydrogens (tertiary/aromatic N) is 3.